The molecule has 3 aromatic rings. The van der Waals surface area contributed by atoms with E-state index < -0.39 is 28.5 Å². The molecule has 0 aliphatic carbocycles. The van der Waals surface area contributed by atoms with Crippen molar-refractivity contribution >= 4 is 27.5 Å². The third-order valence-electron chi connectivity index (χ3n) is 6.69. The van der Waals surface area contributed by atoms with Crippen molar-refractivity contribution in [3.8, 4) is 0 Å². The fraction of sp³-hybridized carbons (Fsp3) is 0.355. The number of hydrogen-bond acceptors (Lipinski definition) is 4. The minimum Gasteiger partial charge on any atom is -0.352 e. The van der Waals surface area contributed by atoms with Crippen molar-refractivity contribution in [1.29, 1.82) is 0 Å². The Hall–Kier alpha value is -3.65. The summed E-state index contributed by atoms with van der Waals surface area (Å²) in [6.45, 7) is 11.0. The summed E-state index contributed by atoms with van der Waals surface area (Å²) in [6, 6.07) is 20.5. The van der Waals surface area contributed by atoms with Gasteiger partial charge in [-0.2, -0.15) is 0 Å². The van der Waals surface area contributed by atoms with Crippen LogP contribution in [0.4, 0.5) is 5.69 Å². The van der Waals surface area contributed by atoms with Crippen LogP contribution in [0.3, 0.4) is 0 Å². The minimum absolute atomic E-state index is 0.0965. The van der Waals surface area contributed by atoms with E-state index in [9.17, 15) is 18.0 Å². The van der Waals surface area contributed by atoms with Crippen LogP contribution in [-0.2, 0) is 26.2 Å². The fourth-order valence-corrected chi connectivity index (χ4v) is 5.94. The fourth-order valence-electron chi connectivity index (χ4n) is 4.47. The van der Waals surface area contributed by atoms with Crippen molar-refractivity contribution in [3.05, 3.63) is 95.1 Å². The Morgan fingerprint density at radius 3 is 2.00 bits per heavy atom. The van der Waals surface area contributed by atoms with Gasteiger partial charge < -0.3 is 10.2 Å². The van der Waals surface area contributed by atoms with Gasteiger partial charge in [0.25, 0.3) is 10.0 Å². The monoisotopic (exact) mass is 549 g/mol. The maximum atomic E-state index is 14.1. The summed E-state index contributed by atoms with van der Waals surface area (Å²) in [7, 11) is -4.09. The molecule has 1 N–H and O–H groups in total. The number of carbonyl (C=O) groups excluding carboxylic acids is 2. The zero-order valence-corrected chi connectivity index (χ0v) is 24.5. The molecule has 0 radical (unpaired) electrons. The lowest BCUT2D eigenvalue weighted by molar-refractivity contribution is -0.140. The van der Waals surface area contributed by atoms with E-state index in [1.54, 1.807) is 36.4 Å². The normalized spacial score (nSPS) is 12.2. The van der Waals surface area contributed by atoms with E-state index in [1.165, 1.54) is 4.90 Å². The first-order valence-electron chi connectivity index (χ1n) is 13.2. The van der Waals surface area contributed by atoms with E-state index in [-0.39, 0.29) is 23.4 Å². The van der Waals surface area contributed by atoms with Gasteiger partial charge in [-0.3, -0.25) is 13.9 Å². The highest BCUT2D eigenvalue weighted by Crippen LogP contribution is 2.28. The molecule has 0 fully saturated rings. The van der Waals surface area contributed by atoms with Gasteiger partial charge in [0.2, 0.25) is 11.8 Å². The van der Waals surface area contributed by atoms with Gasteiger partial charge in [-0.05, 0) is 75.9 Å². The zero-order valence-electron chi connectivity index (χ0n) is 23.6. The first kappa shape index (κ1) is 29.9. The molecule has 0 unspecified atom stereocenters. The first-order chi connectivity index (χ1) is 18.4. The quantitative estimate of drug-likeness (QED) is 0.359. The number of sulfonamides is 1. The molecule has 3 rings (SSSR count). The van der Waals surface area contributed by atoms with Crippen molar-refractivity contribution in [2.45, 2.75) is 71.5 Å². The molecule has 0 aliphatic rings. The van der Waals surface area contributed by atoms with Gasteiger partial charge >= 0.3 is 0 Å². The average Bonchev–Trinajstić information content (AvgIpc) is 2.88. The Morgan fingerprint density at radius 1 is 0.846 bits per heavy atom. The highest BCUT2D eigenvalue weighted by atomic mass is 32.2. The number of amides is 2. The third-order valence-corrected chi connectivity index (χ3v) is 8.46. The van der Waals surface area contributed by atoms with Crippen LogP contribution in [0, 0.1) is 20.8 Å². The highest BCUT2D eigenvalue weighted by molar-refractivity contribution is 7.92. The molecule has 2 amide bonds. The van der Waals surface area contributed by atoms with Gasteiger partial charge in [0.05, 0.1) is 10.6 Å². The molecule has 208 valence electrons. The Balaban J connectivity index is 2.09. The maximum Gasteiger partial charge on any atom is 0.264 e. The van der Waals surface area contributed by atoms with Gasteiger partial charge in [-0.25, -0.2) is 8.42 Å². The predicted molar refractivity (Wildman–Crippen MR) is 156 cm³/mol. The largest absolute Gasteiger partial charge is 0.352 e. The molecule has 0 bridgehead atoms. The SMILES string of the molecule is CC[C@H](C(=O)NC(C)C)N(Cc1ccccc1C)C(=O)CN(c1ccccc1C)S(=O)(=O)c1ccc(C)cc1. The Kier molecular flexibility index (Phi) is 9.92. The number of rotatable bonds is 11. The van der Waals surface area contributed by atoms with Gasteiger partial charge in [-0.15, -0.1) is 0 Å². The van der Waals surface area contributed by atoms with E-state index in [2.05, 4.69) is 5.32 Å². The zero-order chi connectivity index (χ0) is 28.7. The Bertz CT molecular complexity index is 1400. The lowest BCUT2D eigenvalue weighted by atomic mass is 10.1. The van der Waals surface area contributed by atoms with E-state index in [4.69, 9.17) is 0 Å². The number of carbonyl (C=O) groups is 2. The van der Waals surface area contributed by atoms with Gasteiger partial charge in [0.1, 0.15) is 12.6 Å². The number of para-hydroxylation sites is 1. The van der Waals surface area contributed by atoms with Crippen LogP contribution >= 0.6 is 0 Å². The lowest BCUT2D eigenvalue weighted by Crippen LogP contribution is -2.53. The average molecular weight is 550 g/mol. The third kappa shape index (κ3) is 7.26. The molecule has 1 atom stereocenters. The standard InChI is InChI=1S/C31H39N3O4S/c1-7-28(31(36)32-22(2)3)33(20-26-14-10-8-12-24(26)5)30(35)21-34(29-15-11-9-13-25(29)6)39(37,38)27-18-16-23(4)17-19-27/h8-19,22,28H,7,20-21H2,1-6H3,(H,32,36)/t28-/m1/s1. The summed E-state index contributed by atoms with van der Waals surface area (Å²) in [5.74, 6) is -0.721. The number of aryl methyl sites for hydroxylation is 3. The van der Waals surface area contributed by atoms with E-state index in [1.807, 2.05) is 77.9 Å². The molecule has 0 spiro atoms. The molecule has 0 saturated heterocycles. The summed E-state index contributed by atoms with van der Waals surface area (Å²) in [5.41, 5.74) is 3.94. The van der Waals surface area contributed by atoms with Crippen molar-refractivity contribution in [3.63, 3.8) is 0 Å². The van der Waals surface area contributed by atoms with Crippen molar-refractivity contribution in [1.82, 2.24) is 10.2 Å². The van der Waals surface area contributed by atoms with E-state index >= 15 is 0 Å². The first-order valence-corrected chi connectivity index (χ1v) is 14.7. The summed E-state index contributed by atoms with van der Waals surface area (Å²) < 4.78 is 29.1. The summed E-state index contributed by atoms with van der Waals surface area (Å²) in [5, 5.41) is 2.92. The molecule has 3 aromatic carbocycles. The van der Waals surface area contributed by atoms with Crippen LogP contribution in [-0.4, -0.2) is 43.8 Å². The number of benzene rings is 3. The maximum absolute atomic E-state index is 14.1. The molecule has 39 heavy (non-hydrogen) atoms. The molecule has 0 heterocycles. The van der Waals surface area contributed by atoms with E-state index in [0.717, 1.165) is 26.6 Å². The summed E-state index contributed by atoms with van der Waals surface area (Å²) >= 11 is 0. The number of nitrogens with one attached hydrogen (secondary N) is 1. The van der Waals surface area contributed by atoms with Crippen LogP contribution in [0.5, 0.6) is 0 Å². The smallest absolute Gasteiger partial charge is 0.264 e. The van der Waals surface area contributed by atoms with Crippen LogP contribution in [0.25, 0.3) is 0 Å². The van der Waals surface area contributed by atoms with Crippen LogP contribution in [0.1, 0.15) is 49.4 Å². The highest BCUT2D eigenvalue weighted by Gasteiger charge is 2.34. The van der Waals surface area contributed by atoms with Crippen LogP contribution in [0.15, 0.2) is 77.7 Å². The van der Waals surface area contributed by atoms with Crippen LogP contribution < -0.4 is 9.62 Å². The van der Waals surface area contributed by atoms with Crippen molar-refractivity contribution < 1.29 is 18.0 Å². The number of hydrogen-bond donors (Lipinski definition) is 1. The molecular formula is C31H39N3O4S. The molecule has 0 aliphatic heterocycles. The topological polar surface area (TPSA) is 86.8 Å². The molecule has 0 saturated carbocycles. The van der Waals surface area contributed by atoms with Crippen molar-refractivity contribution in [2.24, 2.45) is 0 Å². The second-order valence-electron chi connectivity index (χ2n) is 10.1. The summed E-state index contributed by atoms with van der Waals surface area (Å²) in [4.78, 5) is 29.0. The second-order valence-corrected chi connectivity index (χ2v) is 12.0. The van der Waals surface area contributed by atoms with Crippen molar-refractivity contribution in [2.75, 3.05) is 10.8 Å². The lowest BCUT2D eigenvalue weighted by Gasteiger charge is -2.34. The van der Waals surface area contributed by atoms with Crippen LogP contribution in [0.2, 0.25) is 0 Å². The predicted octanol–water partition coefficient (Wildman–Crippen LogP) is 5.14. The summed E-state index contributed by atoms with van der Waals surface area (Å²) in [6.07, 6.45) is 0.380. The second kappa shape index (κ2) is 12.9. The molecular weight excluding hydrogens is 510 g/mol. The Labute approximate surface area is 232 Å². The number of nitrogens with zero attached hydrogens (tertiary/aromatic N) is 2. The van der Waals surface area contributed by atoms with E-state index in [0.29, 0.717) is 12.1 Å². The molecule has 0 aromatic heterocycles. The molecule has 8 heteroatoms. The van der Waals surface area contributed by atoms with Gasteiger partial charge in [0.15, 0.2) is 0 Å². The van der Waals surface area contributed by atoms with Gasteiger partial charge in [-0.1, -0.05) is 67.1 Å². The minimum atomic E-state index is -4.09. The Morgan fingerprint density at radius 2 is 1.44 bits per heavy atom. The van der Waals surface area contributed by atoms with Gasteiger partial charge in [0, 0.05) is 12.6 Å². The molecule has 7 nitrogen and oxygen atoms in total. The number of anilines is 1.